The summed E-state index contributed by atoms with van der Waals surface area (Å²) < 4.78 is 0. The lowest BCUT2D eigenvalue weighted by Crippen LogP contribution is -2.54. The summed E-state index contributed by atoms with van der Waals surface area (Å²) in [5.74, 6) is 0.387. The lowest BCUT2D eigenvalue weighted by atomic mass is 9.92. The van der Waals surface area contributed by atoms with Crippen LogP contribution in [0.2, 0.25) is 0 Å². The molecule has 2 heterocycles. The molecule has 4 rings (SSSR count). The predicted molar refractivity (Wildman–Crippen MR) is 97.0 cm³/mol. The number of benzene rings is 1. The van der Waals surface area contributed by atoms with E-state index in [1.165, 1.54) is 24.8 Å². The number of carbonyl (C=O) groups is 1. The second kappa shape index (κ2) is 6.18. The largest absolute Gasteiger partial charge is 0.340 e. The average molecular weight is 326 g/mol. The number of likely N-dealkylation sites (tertiary alicyclic amines) is 2. The standard InChI is InChI=1S/C21H30N2O/c1-16-10-11-17(2)23(16)19-9-6-14-22(15-19)20(24)21(12-13-21)18-7-4-3-5-8-18/h3-5,7-8,16-17,19H,6,9-15H2,1-2H3/t16-,17-,19+/m1/s1. The minimum atomic E-state index is -0.203. The molecule has 0 bridgehead atoms. The fraction of sp³-hybridized carbons (Fsp3) is 0.667. The molecule has 1 saturated carbocycles. The van der Waals surface area contributed by atoms with Crippen LogP contribution in [0.1, 0.15) is 57.9 Å². The van der Waals surface area contributed by atoms with Gasteiger partial charge >= 0.3 is 0 Å². The highest BCUT2D eigenvalue weighted by molar-refractivity contribution is 5.91. The molecule has 1 aromatic rings. The van der Waals surface area contributed by atoms with E-state index in [0.717, 1.165) is 32.4 Å². The van der Waals surface area contributed by atoms with Crippen LogP contribution >= 0.6 is 0 Å². The van der Waals surface area contributed by atoms with E-state index < -0.39 is 0 Å². The van der Waals surface area contributed by atoms with Gasteiger partial charge in [0.15, 0.2) is 0 Å². The summed E-state index contributed by atoms with van der Waals surface area (Å²) in [5.41, 5.74) is 1.02. The fourth-order valence-corrected chi connectivity index (χ4v) is 5.13. The molecule has 0 aromatic heterocycles. The molecule has 0 N–H and O–H groups in total. The predicted octanol–water partition coefficient (Wildman–Crippen LogP) is 3.58. The molecule has 2 saturated heterocycles. The highest BCUT2D eigenvalue weighted by Gasteiger charge is 2.53. The molecule has 130 valence electrons. The first-order valence-corrected chi connectivity index (χ1v) is 9.74. The Morgan fingerprint density at radius 2 is 1.71 bits per heavy atom. The molecular formula is C21H30N2O. The third-order valence-corrected chi connectivity index (χ3v) is 6.61. The molecule has 0 unspecified atom stereocenters. The van der Waals surface area contributed by atoms with Gasteiger partial charge in [0, 0.05) is 31.2 Å². The van der Waals surface area contributed by atoms with Crippen molar-refractivity contribution in [3.8, 4) is 0 Å². The lowest BCUT2D eigenvalue weighted by Gasteiger charge is -2.42. The van der Waals surface area contributed by atoms with Gasteiger partial charge in [0.05, 0.1) is 5.41 Å². The molecule has 0 radical (unpaired) electrons. The summed E-state index contributed by atoms with van der Waals surface area (Å²) in [7, 11) is 0. The van der Waals surface area contributed by atoms with Crippen molar-refractivity contribution in [1.82, 2.24) is 9.80 Å². The van der Waals surface area contributed by atoms with Crippen LogP contribution < -0.4 is 0 Å². The van der Waals surface area contributed by atoms with Crippen LogP contribution in [0.25, 0.3) is 0 Å². The molecule has 3 fully saturated rings. The molecule has 3 atom stereocenters. The second-order valence-corrected chi connectivity index (χ2v) is 8.22. The van der Waals surface area contributed by atoms with E-state index in [2.05, 4.69) is 47.9 Å². The maximum absolute atomic E-state index is 13.3. The third kappa shape index (κ3) is 2.67. The molecule has 1 aromatic carbocycles. The van der Waals surface area contributed by atoms with Crippen molar-refractivity contribution in [2.45, 2.75) is 75.9 Å². The minimum absolute atomic E-state index is 0.203. The number of rotatable bonds is 3. The number of hydrogen-bond acceptors (Lipinski definition) is 2. The molecule has 3 aliphatic rings. The van der Waals surface area contributed by atoms with E-state index in [4.69, 9.17) is 0 Å². The van der Waals surface area contributed by atoms with Crippen LogP contribution in [0.5, 0.6) is 0 Å². The topological polar surface area (TPSA) is 23.6 Å². The van der Waals surface area contributed by atoms with Crippen LogP contribution in [-0.2, 0) is 10.2 Å². The molecule has 3 nitrogen and oxygen atoms in total. The Hall–Kier alpha value is -1.35. The van der Waals surface area contributed by atoms with Gasteiger partial charge in [-0.05, 0) is 57.9 Å². The van der Waals surface area contributed by atoms with Crippen LogP contribution in [0.15, 0.2) is 30.3 Å². The summed E-state index contributed by atoms with van der Waals surface area (Å²) in [4.78, 5) is 18.2. The van der Waals surface area contributed by atoms with Crippen LogP contribution in [0.3, 0.4) is 0 Å². The Kier molecular flexibility index (Phi) is 4.16. The van der Waals surface area contributed by atoms with E-state index in [9.17, 15) is 4.79 Å². The van der Waals surface area contributed by atoms with E-state index in [1.54, 1.807) is 0 Å². The van der Waals surface area contributed by atoms with Crippen molar-refractivity contribution in [1.29, 1.82) is 0 Å². The van der Waals surface area contributed by atoms with Crippen molar-refractivity contribution in [2.75, 3.05) is 13.1 Å². The molecule has 1 aliphatic carbocycles. The summed E-state index contributed by atoms with van der Waals surface area (Å²) >= 11 is 0. The Bertz CT molecular complexity index is 585. The van der Waals surface area contributed by atoms with Crippen molar-refractivity contribution in [2.24, 2.45) is 0 Å². The van der Waals surface area contributed by atoms with E-state index >= 15 is 0 Å². The van der Waals surface area contributed by atoms with E-state index in [-0.39, 0.29) is 5.41 Å². The number of hydrogen-bond donors (Lipinski definition) is 0. The monoisotopic (exact) mass is 326 g/mol. The summed E-state index contributed by atoms with van der Waals surface area (Å²) in [6, 6.07) is 12.3. The first-order valence-electron chi connectivity index (χ1n) is 9.74. The van der Waals surface area contributed by atoms with Crippen LogP contribution in [0, 0.1) is 0 Å². The SMILES string of the molecule is C[C@@H]1CC[C@@H](C)N1[C@H]1CCCN(C(=O)C2(c3ccccc3)CC2)C1. The van der Waals surface area contributed by atoms with Gasteiger partial charge in [-0.1, -0.05) is 30.3 Å². The number of amides is 1. The fourth-order valence-electron chi connectivity index (χ4n) is 5.13. The van der Waals surface area contributed by atoms with Gasteiger partial charge < -0.3 is 4.90 Å². The quantitative estimate of drug-likeness (QED) is 0.847. The first-order chi connectivity index (χ1) is 11.6. The van der Waals surface area contributed by atoms with Gasteiger partial charge in [-0.3, -0.25) is 9.69 Å². The Labute approximate surface area is 146 Å². The maximum Gasteiger partial charge on any atom is 0.233 e. The highest BCUT2D eigenvalue weighted by Crippen LogP contribution is 2.50. The van der Waals surface area contributed by atoms with Gasteiger partial charge in [-0.15, -0.1) is 0 Å². The smallest absolute Gasteiger partial charge is 0.233 e. The zero-order valence-electron chi connectivity index (χ0n) is 15.1. The summed E-state index contributed by atoms with van der Waals surface area (Å²) in [6.45, 7) is 6.59. The van der Waals surface area contributed by atoms with Crippen molar-refractivity contribution < 1.29 is 4.79 Å². The molecular weight excluding hydrogens is 296 g/mol. The van der Waals surface area contributed by atoms with E-state index in [0.29, 0.717) is 24.0 Å². The molecule has 1 amide bonds. The van der Waals surface area contributed by atoms with E-state index in [1.807, 2.05) is 6.07 Å². The molecule has 0 spiro atoms. The number of nitrogens with zero attached hydrogens (tertiary/aromatic N) is 2. The normalized spacial score (nSPS) is 32.8. The Morgan fingerprint density at radius 3 is 2.33 bits per heavy atom. The summed E-state index contributed by atoms with van der Waals surface area (Å²) in [5, 5.41) is 0. The van der Waals surface area contributed by atoms with Gasteiger partial charge in [0.25, 0.3) is 0 Å². The lowest BCUT2D eigenvalue weighted by molar-refractivity contribution is -0.136. The number of carbonyl (C=O) groups excluding carboxylic acids is 1. The second-order valence-electron chi connectivity index (χ2n) is 8.22. The Morgan fingerprint density at radius 1 is 1.04 bits per heavy atom. The molecule has 3 heteroatoms. The maximum atomic E-state index is 13.3. The van der Waals surface area contributed by atoms with Crippen LogP contribution in [-0.4, -0.2) is 46.9 Å². The van der Waals surface area contributed by atoms with Crippen molar-refractivity contribution in [3.05, 3.63) is 35.9 Å². The average Bonchev–Trinajstić information content (AvgIpc) is 3.36. The first kappa shape index (κ1) is 16.1. The Balaban J connectivity index is 1.49. The summed E-state index contributed by atoms with van der Waals surface area (Å²) in [6.07, 6.45) is 7.05. The zero-order valence-corrected chi connectivity index (χ0v) is 15.1. The number of piperidine rings is 1. The zero-order chi connectivity index (χ0) is 16.7. The van der Waals surface area contributed by atoms with Crippen molar-refractivity contribution in [3.63, 3.8) is 0 Å². The molecule has 24 heavy (non-hydrogen) atoms. The third-order valence-electron chi connectivity index (χ3n) is 6.61. The van der Waals surface area contributed by atoms with Gasteiger partial charge in [-0.25, -0.2) is 0 Å². The van der Waals surface area contributed by atoms with Gasteiger partial charge in [0.2, 0.25) is 5.91 Å². The molecule has 2 aliphatic heterocycles. The highest BCUT2D eigenvalue weighted by atomic mass is 16.2. The van der Waals surface area contributed by atoms with Crippen LogP contribution in [0.4, 0.5) is 0 Å². The van der Waals surface area contributed by atoms with Gasteiger partial charge in [-0.2, -0.15) is 0 Å². The van der Waals surface area contributed by atoms with Gasteiger partial charge in [0.1, 0.15) is 0 Å². The van der Waals surface area contributed by atoms with Crippen molar-refractivity contribution >= 4 is 5.91 Å². The minimum Gasteiger partial charge on any atom is -0.340 e.